The van der Waals surface area contributed by atoms with E-state index in [0.29, 0.717) is 5.75 Å². The standard InChI is InChI=1S/C8H7F3OS2/c9-8(10,11)12-7-3-1-6(2-4-7)5-14-13/h1-4,13H,5H2. The van der Waals surface area contributed by atoms with Crippen molar-refractivity contribution in [3.63, 3.8) is 0 Å². The van der Waals surface area contributed by atoms with Gasteiger partial charge in [0.2, 0.25) is 0 Å². The Bertz CT molecular complexity index is 284. The zero-order chi connectivity index (χ0) is 10.6. The van der Waals surface area contributed by atoms with Crippen molar-refractivity contribution in [2.45, 2.75) is 12.1 Å². The van der Waals surface area contributed by atoms with Crippen LogP contribution in [0.2, 0.25) is 0 Å². The molecule has 0 aliphatic heterocycles. The number of benzene rings is 1. The van der Waals surface area contributed by atoms with Crippen LogP contribution in [0.4, 0.5) is 13.2 Å². The molecule has 1 aromatic carbocycles. The molecule has 6 heteroatoms. The van der Waals surface area contributed by atoms with E-state index in [9.17, 15) is 13.2 Å². The van der Waals surface area contributed by atoms with Crippen LogP contribution in [0.5, 0.6) is 5.75 Å². The maximum absolute atomic E-state index is 11.8. The minimum absolute atomic E-state index is 0.203. The van der Waals surface area contributed by atoms with E-state index in [2.05, 4.69) is 16.4 Å². The van der Waals surface area contributed by atoms with Crippen LogP contribution in [0.1, 0.15) is 5.56 Å². The van der Waals surface area contributed by atoms with Gasteiger partial charge in [-0.15, -0.1) is 24.8 Å². The Morgan fingerprint density at radius 2 is 1.79 bits per heavy atom. The average Bonchev–Trinajstić information content (AvgIpc) is 2.06. The molecule has 0 amide bonds. The molecule has 1 aromatic rings. The molecule has 0 saturated heterocycles. The highest BCUT2D eigenvalue weighted by Crippen LogP contribution is 2.24. The van der Waals surface area contributed by atoms with Crippen molar-refractivity contribution in [3.8, 4) is 5.75 Å². The van der Waals surface area contributed by atoms with Crippen LogP contribution in [0, 0.1) is 0 Å². The zero-order valence-corrected chi connectivity index (χ0v) is 8.63. The maximum Gasteiger partial charge on any atom is 0.573 e. The van der Waals surface area contributed by atoms with E-state index in [1.165, 1.54) is 22.9 Å². The summed E-state index contributed by atoms with van der Waals surface area (Å²) in [5.74, 6) is 0.445. The summed E-state index contributed by atoms with van der Waals surface area (Å²) in [5, 5.41) is 0. The zero-order valence-electron chi connectivity index (χ0n) is 6.91. The third kappa shape index (κ3) is 4.15. The molecule has 0 N–H and O–H groups in total. The van der Waals surface area contributed by atoms with E-state index in [-0.39, 0.29) is 5.75 Å². The third-order valence-corrected chi connectivity index (χ3v) is 2.24. The van der Waals surface area contributed by atoms with Crippen LogP contribution >= 0.6 is 22.5 Å². The smallest absolute Gasteiger partial charge is 0.406 e. The second kappa shape index (κ2) is 4.84. The lowest BCUT2D eigenvalue weighted by Crippen LogP contribution is -2.16. The van der Waals surface area contributed by atoms with E-state index in [4.69, 9.17) is 0 Å². The van der Waals surface area contributed by atoms with Gasteiger partial charge in [0.25, 0.3) is 0 Å². The summed E-state index contributed by atoms with van der Waals surface area (Å²) in [5.41, 5.74) is 0.902. The summed E-state index contributed by atoms with van der Waals surface area (Å²) < 4.78 is 39.0. The topological polar surface area (TPSA) is 9.23 Å². The van der Waals surface area contributed by atoms with Gasteiger partial charge in [0.15, 0.2) is 0 Å². The fourth-order valence-corrected chi connectivity index (χ4v) is 1.65. The number of ether oxygens (including phenoxy) is 1. The SMILES string of the molecule is FC(F)(F)Oc1ccc(CSS)cc1. The first-order valence-corrected chi connectivity index (χ1v) is 5.66. The molecule has 0 aliphatic carbocycles. The normalized spacial score (nSPS) is 11.4. The maximum atomic E-state index is 11.8. The van der Waals surface area contributed by atoms with Gasteiger partial charge < -0.3 is 4.74 Å². The first-order valence-electron chi connectivity index (χ1n) is 3.62. The fourth-order valence-electron chi connectivity index (χ4n) is 0.862. The van der Waals surface area contributed by atoms with Crippen molar-refractivity contribution in [2.24, 2.45) is 0 Å². The van der Waals surface area contributed by atoms with Gasteiger partial charge in [0.1, 0.15) is 5.75 Å². The first-order chi connectivity index (χ1) is 6.51. The Labute approximate surface area is 88.4 Å². The van der Waals surface area contributed by atoms with Crippen molar-refractivity contribution < 1.29 is 17.9 Å². The van der Waals surface area contributed by atoms with E-state index in [1.54, 1.807) is 12.1 Å². The molecular formula is C8H7F3OS2. The molecular weight excluding hydrogens is 233 g/mol. The number of hydrogen-bond donors (Lipinski definition) is 1. The molecule has 0 radical (unpaired) electrons. The van der Waals surface area contributed by atoms with Gasteiger partial charge in [0, 0.05) is 5.75 Å². The Balaban J connectivity index is 2.64. The number of rotatable bonds is 3. The number of halogens is 3. The highest BCUT2D eigenvalue weighted by atomic mass is 33.1. The van der Waals surface area contributed by atoms with Crippen LogP contribution in [0.15, 0.2) is 24.3 Å². The Morgan fingerprint density at radius 1 is 1.21 bits per heavy atom. The molecule has 0 atom stereocenters. The summed E-state index contributed by atoms with van der Waals surface area (Å²) in [6.07, 6.45) is -4.63. The predicted molar refractivity (Wildman–Crippen MR) is 53.4 cm³/mol. The lowest BCUT2D eigenvalue weighted by molar-refractivity contribution is -0.274. The lowest BCUT2D eigenvalue weighted by Gasteiger charge is -2.08. The van der Waals surface area contributed by atoms with E-state index in [0.717, 1.165) is 5.56 Å². The Kier molecular flexibility index (Phi) is 4.00. The lowest BCUT2D eigenvalue weighted by atomic mass is 10.2. The van der Waals surface area contributed by atoms with E-state index >= 15 is 0 Å². The molecule has 1 nitrogen and oxygen atoms in total. The van der Waals surface area contributed by atoms with Gasteiger partial charge in [-0.1, -0.05) is 22.9 Å². The first kappa shape index (κ1) is 11.6. The number of alkyl halides is 3. The van der Waals surface area contributed by atoms with Gasteiger partial charge in [-0.3, -0.25) is 0 Å². The summed E-state index contributed by atoms with van der Waals surface area (Å²) >= 11 is 3.93. The molecule has 0 aromatic heterocycles. The van der Waals surface area contributed by atoms with Crippen molar-refractivity contribution in [2.75, 3.05) is 0 Å². The quantitative estimate of drug-likeness (QED) is 0.637. The molecule has 78 valence electrons. The third-order valence-electron chi connectivity index (χ3n) is 1.39. The predicted octanol–water partition coefficient (Wildman–Crippen LogP) is 3.66. The average molecular weight is 240 g/mol. The minimum atomic E-state index is -4.63. The minimum Gasteiger partial charge on any atom is -0.406 e. The molecule has 0 spiro atoms. The summed E-state index contributed by atoms with van der Waals surface area (Å²) in [6.45, 7) is 0. The largest absolute Gasteiger partial charge is 0.573 e. The van der Waals surface area contributed by atoms with E-state index < -0.39 is 6.36 Å². The van der Waals surface area contributed by atoms with Gasteiger partial charge in [-0.05, 0) is 17.7 Å². The van der Waals surface area contributed by atoms with Crippen LogP contribution in [-0.2, 0) is 5.75 Å². The molecule has 0 saturated carbocycles. The second-order valence-corrected chi connectivity index (χ2v) is 3.79. The highest BCUT2D eigenvalue weighted by Gasteiger charge is 2.30. The van der Waals surface area contributed by atoms with Crippen molar-refractivity contribution >= 4 is 22.5 Å². The van der Waals surface area contributed by atoms with E-state index in [1.807, 2.05) is 0 Å². The number of thiol groups is 1. The molecule has 14 heavy (non-hydrogen) atoms. The molecule has 0 bridgehead atoms. The van der Waals surface area contributed by atoms with Gasteiger partial charge in [0.05, 0.1) is 0 Å². The van der Waals surface area contributed by atoms with Crippen molar-refractivity contribution in [1.29, 1.82) is 0 Å². The number of hydrogen-bond acceptors (Lipinski definition) is 3. The van der Waals surface area contributed by atoms with Crippen LogP contribution in [-0.4, -0.2) is 6.36 Å². The molecule has 1 rings (SSSR count). The Hall–Kier alpha value is -0.490. The molecule has 0 heterocycles. The summed E-state index contributed by atoms with van der Waals surface area (Å²) in [6, 6.07) is 5.72. The van der Waals surface area contributed by atoms with Crippen LogP contribution in [0.3, 0.4) is 0 Å². The molecule has 0 aliphatic rings. The summed E-state index contributed by atoms with van der Waals surface area (Å²) in [7, 11) is 1.31. The molecule has 0 unspecified atom stereocenters. The van der Waals surface area contributed by atoms with Gasteiger partial charge in [-0.25, -0.2) is 0 Å². The van der Waals surface area contributed by atoms with Gasteiger partial charge >= 0.3 is 6.36 Å². The van der Waals surface area contributed by atoms with Crippen LogP contribution in [0.25, 0.3) is 0 Å². The highest BCUT2D eigenvalue weighted by molar-refractivity contribution is 8.68. The second-order valence-electron chi connectivity index (χ2n) is 2.47. The fraction of sp³-hybridized carbons (Fsp3) is 0.250. The monoisotopic (exact) mass is 240 g/mol. The molecule has 0 fully saturated rings. The van der Waals surface area contributed by atoms with Crippen molar-refractivity contribution in [3.05, 3.63) is 29.8 Å². The summed E-state index contributed by atoms with van der Waals surface area (Å²) in [4.78, 5) is 0. The van der Waals surface area contributed by atoms with Crippen molar-refractivity contribution in [1.82, 2.24) is 0 Å². The Morgan fingerprint density at radius 3 is 2.21 bits per heavy atom. The van der Waals surface area contributed by atoms with Gasteiger partial charge in [-0.2, -0.15) is 0 Å². The van der Waals surface area contributed by atoms with Crippen LogP contribution < -0.4 is 4.74 Å².